The van der Waals surface area contributed by atoms with Crippen molar-refractivity contribution in [2.45, 2.75) is 20.5 Å². The molecule has 8 nitrogen and oxygen atoms in total. The smallest absolute Gasteiger partial charge is 0.163 e. The Morgan fingerprint density at radius 2 is 1.94 bits per heavy atom. The van der Waals surface area contributed by atoms with Crippen molar-refractivity contribution in [3.63, 3.8) is 0 Å². The third kappa shape index (κ3) is 4.74. The van der Waals surface area contributed by atoms with E-state index in [-0.39, 0.29) is 0 Å². The van der Waals surface area contributed by atoms with Crippen molar-refractivity contribution in [1.29, 1.82) is 0 Å². The van der Waals surface area contributed by atoms with E-state index < -0.39 is 0 Å². The summed E-state index contributed by atoms with van der Waals surface area (Å²) in [7, 11) is 1.91. The lowest BCUT2D eigenvalue weighted by Gasteiger charge is -2.15. The number of aromatic nitrogens is 5. The number of fused-ring (bicyclic) bond motifs is 1. The van der Waals surface area contributed by atoms with E-state index in [1.807, 2.05) is 92.3 Å². The largest absolute Gasteiger partial charge is 0.487 e. The second-order valence-electron chi connectivity index (χ2n) is 8.42. The Morgan fingerprint density at radius 1 is 1.08 bits per heavy atom. The van der Waals surface area contributed by atoms with Crippen molar-refractivity contribution in [3.8, 4) is 17.1 Å². The highest BCUT2D eigenvalue weighted by Gasteiger charge is 2.14. The number of hydrogen-bond acceptors (Lipinski definition) is 7. The molecule has 0 atom stereocenters. The van der Waals surface area contributed by atoms with Crippen LogP contribution in [0.15, 0.2) is 79.1 Å². The molecule has 36 heavy (non-hydrogen) atoms. The summed E-state index contributed by atoms with van der Waals surface area (Å²) in [6.07, 6.45) is 5.36. The van der Waals surface area contributed by atoms with Gasteiger partial charge in [-0.15, -0.1) is 0 Å². The number of hydrogen-bond donors (Lipinski definition) is 2. The van der Waals surface area contributed by atoms with Gasteiger partial charge in [0.2, 0.25) is 0 Å². The molecule has 0 saturated heterocycles. The summed E-state index contributed by atoms with van der Waals surface area (Å²) in [6.45, 7) is 4.29. The molecule has 0 unspecified atom stereocenters. The van der Waals surface area contributed by atoms with E-state index in [1.54, 1.807) is 12.4 Å². The minimum absolute atomic E-state index is 0.404. The number of nitrogens with zero attached hydrogens (tertiary/aromatic N) is 5. The van der Waals surface area contributed by atoms with Gasteiger partial charge in [0.05, 0.1) is 16.9 Å². The van der Waals surface area contributed by atoms with E-state index >= 15 is 0 Å². The van der Waals surface area contributed by atoms with Crippen LogP contribution in [0.3, 0.4) is 0 Å². The van der Waals surface area contributed by atoms with Gasteiger partial charge in [-0.1, -0.05) is 24.3 Å². The van der Waals surface area contributed by atoms with Gasteiger partial charge in [-0.2, -0.15) is 5.10 Å². The molecule has 0 fully saturated rings. The highest BCUT2D eigenvalue weighted by molar-refractivity contribution is 5.94. The normalized spacial score (nSPS) is 11.6. The lowest BCUT2D eigenvalue weighted by Crippen LogP contribution is -2.05. The van der Waals surface area contributed by atoms with Crippen LogP contribution in [-0.2, 0) is 13.7 Å². The predicted octanol–water partition coefficient (Wildman–Crippen LogP) is 5.38. The summed E-state index contributed by atoms with van der Waals surface area (Å²) in [5, 5.41) is 8.71. The Hall–Kier alpha value is -4.72. The number of benzene rings is 2. The van der Waals surface area contributed by atoms with Crippen LogP contribution in [-0.4, -0.2) is 24.7 Å². The zero-order valence-electron chi connectivity index (χ0n) is 20.4. The van der Waals surface area contributed by atoms with Gasteiger partial charge in [-0.3, -0.25) is 9.67 Å². The zero-order chi connectivity index (χ0) is 25.1. The second-order valence-corrected chi connectivity index (χ2v) is 8.42. The van der Waals surface area contributed by atoms with E-state index in [0.717, 1.165) is 39.1 Å². The molecule has 0 aliphatic heterocycles. The Labute approximate surface area is 209 Å². The first-order valence-corrected chi connectivity index (χ1v) is 11.6. The van der Waals surface area contributed by atoms with Gasteiger partial charge in [0.25, 0.3) is 0 Å². The maximum atomic E-state index is 6.27. The second kappa shape index (κ2) is 9.87. The van der Waals surface area contributed by atoms with Crippen molar-refractivity contribution in [1.82, 2.24) is 24.7 Å². The average molecular weight is 478 g/mol. The van der Waals surface area contributed by atoms with Crippen LogP contribution in [0.5, 0.6) is 5.75 Å². The van der Waals surface area contributed by atoms with Gasteiger partial charge >= 0.3 is 0 Å². The van der Waals surface area contributed by atoms with Gasteiger partial charge in [0.15, 0.2) is 5.82 Å². The summed E-state index contributed by atoms with van der Waals surface area (Å²) in [5.41, 5.74) is 12.3. The topological polar surface area (TPSA) is 104 Å². The van der Waals surface area contributed by atoms with E-state index in [1.165, 1.54) is 0 Å². The molecule has 180 valence electrons. The quantitative estimate of drug-likeness (QED) is 0.324. The van der Waals surface area contributed by atoms with Crippen LogP contribution in [0, 0.1) is 6.92 Å². The van der Waals surface area contributed by atoms with Crippen molar-refractivity contribution in [3.05, 3.63) is 96.1 Å². The number of pyridine rings is 1. The number of rotatable bonds is 7. The standard InChI is InChI=1S/C28H27N7O/c1-4-24(29)22-9-5-6-10-25(22)32-28-23-15-21(36-17-20-14-18(2)34-35(20)3)11-12-26(23)31-27(33-28)19-8-7-13-30-16-19/h4-16H,17,29H2,1-3H3,(H,31,32,33). The number of aryl methyl sites for hydroxylation is 2. The highest BCUT2D eigenvalue weighted by atomic mass is 16.5. The van der Waals surface area contributed by atoms with Gasteiger partial charge in [-0.05, 0) is 56.3 Å². The molecule has 0 aliphatic rings. The fourth-order valence-corrected chi connectivity index (χ4v) is 4.00. The fourth-order valence-electron chi connectivity index (χ4n) is 4.00. The molecule has 0 saturated carbocycles. The number of nitrogens with two attached hydrogens (primary N) is 1. The fraction of sp³-hybridized carbons (Fsp3) is 0.143. The van der Waals surface area contributed by atoms with E-state index in [2.05, 4.69) is 15.4 Å². The summed E-state index contributed by atoms with van der Waals surface area (Å²) in [6, 6.07) is 19.5. The number of nitrogens with one attached hydrogen (secondary N) is 1. The van der Waals surface area contributed by atoms with Crippen molar-refractivity contribution in [2.24, 2.45) is 12.8 Å². The first-order valence-electron chi connectivity index (χ1n) is 11.6. The average Bonchev–Trinajstić information content (AvgIpc) is 3.24. The van der Waals surface area contributed by atoms with E-state index in [0.29, 0.717) is 29.7 Å². The zero-order valence-corrected chi connectivity index (χ0v) is 20.4. The molecular weight excluding hydrogens is 450 g/mol. The molecule has 3 N–H and O–H groups in total. The van der Waals surface area contributed by atoms with Crippen molar-refractivity contribution >= 4 is 28.1 Å². The minimum Gasteiger partial charge on any atom is -0.487 e. The Morgan fingerprint density at radius 3 is 2.69 bits per heavy atom. The Kier molecular flexibility index (Phi) is 6.32. The molecule has 0 aliphatic carbocycles. The summed E-state index contributed by atoms with van der Waals surface area (Å²) in [4.78, 5) is 13.9. The van der Waals surface area contributed by atoms with Gasteiger partial charge < -0.3 is 15.8 Å². The third-order valence-corrected chi connectivity index (χ3v) is 5.87. The number of anilines is 2. The third-order valence-electron chi connectivity index (χ3n) is 5.87. The first kappa shape index (κ1) is 23.0. The van der Waals surface area contributed by atoms with E-state index in [9.17, 15) is 0 Å². The molecule has 0 spiro atoms. The monoisotopic (exact) mass is 477 g/mol. The van der Waals surface area contributed by atoms with Crippen molar-refractivity contribution < 1.29 is 4.74 Å². The van der Waals surface area contributed by atoms with Crippen LogP contribution < -0.4 is 15.8 Å². The van der Waals surface area contributed by atoms with Crippen LogP contribution >= 0.6 is 0 Å². The summed E-state index contributed by atoms with van der Waals surface area (Å²) < 4.78 is 7.94. The Balaban J connectivity index is 1.58. The maximum absolute atomic E-state index is 6.27. The summed E-state index contributed by atoms with van der Waals surface area (Å²) >= 11 is 0. The molecule has 5 rings (SSSR count). The van der Waals surface area contributed by atoms with Gasteiger partial charge in [0, 0.05) is 47.3 Å². The van der Waals surface area contributed by atoms with Crippen LogP contribution in [0.25, 0.3) is 28.0 Å². The molecule has 0 bridgehead atoms. The Bertz CT molecular complexity index is 1560. The molecule has 5 aromatic rings. The molecular formula is C28H27N7O. The number of para-hydroxylation sites is 1. The predicted molar refractivity (Wildman–Crippen MR) is 143 cm³/mol. The molecule has 0 radical (unpaired) electrons. The lowest BCUT2D eigenvalue weighted by molar-refractivity contribution is 0.295. The first-order chi connectivity index (χ1) is 17.5. The molecule has 3 aromatic heterocycles. The van der Waals surface area contributed by atoms with E-state index in [4.69, 9.17) is 20.4 Å². The van der Waals surface area contributed by atoms with Crippen molar-refractivity contribution in [2.75, 3.05) is 5.32 Å². The number of allylic oxidation sites excluding steroid dienone is 1. The SMILES string of the molecule is CC=C(N)c1ccccc1Nc1nc(-c2cccnc2)nc2ccc(OCc3cc(C)nn3C)cc12. The molecule has 0 amide bonds. The van der Waals surface area contributed by atoms with Crippen LogP contribution in [0.2, 0.25) is 0 Å². The lowest BCUT2D eigenvalue weighted by atomic mass is 10.1. The molecule has 3 heterocycles. The van der Waals surface area contributed by atoms with Gasteiger partial charge in [0.1, 0.15) is 18.2 Å². The number of ether oxygens (including phenoxy) is 1. The molecule has 2 aromatic carbocycles. The van der Waals surface area contributed by atoms with Gasteiger partial charge in [-0.25, -0.2) is 9.97 Å². The highest BCUT2D eigenvalue weighted by Crippen LogP contribution is 2.32. The maximum Gasteiger partial charge on any atom is 0.163 e. The van der Waals surface area contributed by atoms with Crippen LogP contribution in [0.4, 0.5) is 11.5 Å². The minimum atomic E-state index is 0.404. The summed E-state index contributed by atoms with van der Waals surface area (Å²) in [5.74, 6) is 1.94. The van der Waals surface area contributed by atoms with Crippen LogP contribution in [0.1, 0.15) is 23.9 Å². The molecule has 8 heteroatoms.